The van der Waals surface area contributed by atoms with Gasteiger partial charge in [0.15, 0.2) is 0 Å². The van der Waals surface area contributed by atoms with Gasteiger partial charge in [-0.25, -0.2) is 0 Å². The second-order valence-corrected chi connectivity index (χ2v) is 8.25. The predicted octanol–water partition coefficient (Wildman–Crippen LogP) is 1.99. The van der Waals surface area contributed by atoms with Crippen LogP contribution in [0.25, 0.3) is 0 Å². The summed E-state index contributed by atoms with van der Waals surface area (Å²) in [4.78, 5) is 55.7. The molecule has 1 fully saturated rings. The molecule has 0 radical (unpaired) electrons. The number of imide groups is 1. The summed E-state index contributed by atoms with van der Waals surface area (Å²) in [7, 11) is 0. The van der Waals surface area contributed by atoms with Crippen molar-refractivity contribution in [1.29, 1.82) is 0 Å². The van der Waals surface area contributed by atoms with Crippen molar-refractivity contribution in [2.24, 2.45) is 0 Å². The number of nitrogens with one attached hydrogen (secondary N) is 1. The second-order valence-electron chi connectivity index (χ2n) is 8.25. The van der Waals surface area contributed by atoms with Crippen LogP contribution in [-0.2, 0) is 14.3 Å². The molecule has 0 spiro atoms. The van der Waals surface area contributed by atoms with Crippen LogP contribution in [-0.4, -0.2) is 78.9 Å². The zero-order valence-electron chi connectivity index (χ0n) is 19.3. The van der Waals surface area contributed by atoms with Crippen LogP contribution >= 0.6 is 0 Å². The van der Waals surface area contributed by atoms with Gasteiger partial charge in [0.2, 0.25) is 11.8 Å². The maximum atomic E-state index is 13.1. The molecule has 4 rings (SSSR count). The molecule has 2 aliphatic rings. The van der Waals surface area contributed by atoms with Crippen LogP contribution < -0.4 is 10.2 Å². The molecule has 2 aliphatic heterocycles. The third-order valence-corrected chi connectivity index (χ3v) is 6.13. The van der Waals surface area contributed by atoms with Crippen LogP contribution in [0.3, 0.4) is 0 Å². The van der Waals surface area contributed by atoms with Crippen molar-refractivity contribution in [3.8, 4) is 0 Å². The lowest BCUT2D eigenvalue weighted by molar-refractivity contribution is -0.137. The van der Waals surface area contributed by atoms with Gasteiger partial charge in [-0.15, -0.1) is 0 Å². The summed E-state index contributed by atoms with van der Waals surface area (Å²) in [6, 6.07) is 13.0. The van der Waals surface area contributed by atoms with E-state index in [2.05, 4.69) is 10.2 Å². The Balaban J connectivity index is 1.37. The zero-order valence-corrected chi connectivity index (χ0v) is 19.3. The number of likely N-dealkylation sites (N-methyl/N-ethyl adjacent to an activating group) is 1. The molecule has 9 heteroatoms. The molecule has 2 aromatic rings. The number of nitrogens with zero attached hydrogens (tertiary/aromatic N) is 3. The van der Waals surface area contributed by atoms with Gasteiger partial charge in [0.1, 0.15) is 6.04 Å². The SMILES string of the molecule is CCN(CC(=O)Nc1ccc(N2CCOCC2)cc1)C(=O)C(C)N1C(=O)c2ccccc2C1=O. The highest BCUT2D eigenvalue weighted by Crippen LogP contribution is 2.25. The fourth-order valence-corrected chi connectivity index (χ4v) is 4.23. The molecule has 0 bridgehead atoms. The summed E-state index contributed by atoms with van der Waals surface area (Å²) in [6.45, 7) is 6.36. The van der Waals surface area contributed by atoms with Gasteiger partial charge in [0.25, 0.3) is 11.8 Å². The maximum absolute atomic E-state index is 13.1. The first-order chi connectivity index (χ1) is 16.4. The van der Waals surface area contributed by atoms with Gasteiger partial charge >= 0.3 is 0 Å². The molecule has 34 heavy (non-hydrogen) atoms. The van der Waals surface area contributed by atoms with E-state index in [-0.39, 0.29) is 30.1 Å². The quantitative estimate of drug-likeness (QED) is 0.630. The molecule has 178 valence electrons. The minimum Gasteiger partial charge on any atom is -0.378 e. The van der Waals surface area contributed by atoms with Crippen LogP contribution in [0.1, 0.15) is 34.6 Å². The highest BCUT2D eigenvalue weighted by Gasteiger charge is 2.41. The fraction of sp³-hybridized carbons (Fsp3) is 0.360. The molecule has 2 aromatic carbocycles. The van der Waals surface area contributed by atoms with Gasteiger partial charge in [-0.05, 0) is 50.2 Å². The molecule has 1 unspecified atom stereocenters. The van der Waals surface area contributed by atoms with E-state index in [1.807, 2.05) is 24.3 Å². The van der Waals surface area contributed by atoms with Crippen molar-refractivity contribution < 1.29 is 23.9 Å². The van der Waals surface area contributed by atoms with Crippen LogP contribution in [0.4, 0.5) is 11.4 Å². The minimum absolute atomic E-state index is 0.186. The second kappa shape index (κ2) is 10.0. The average molecular weight is 465 g/mol. The lowest BCUT2D eigenvalue weighted by atomic mass is 10.1. The van der Waals surface area contributed by atoms with Crippen molar-refractivity contribution in [3.05, 3.63) is 59.7 Å². The summed E-state index contributed by atoms with van der Waals surface area (Å²) < 4.78 is 5.37. The number of carbonyl (C=O) groups excluding carboxylic acids is 4. The Morgan fingerprint density at radius 3 is 2.15 bits per heavy atom. The first-order valence-corrected chi connectivity index (χ1v) is 11.4. The van der Waals surface area contributed by atoms with Crippen molar-refractivity contribution in [2.45, 2.75) is 19.9 Å². The standard InChI is InChI=1S/C25H28N4O5/c1-3-27(23(31)17(2)29-24(32)20-6-4-5-7-21(20)25(29)33)16-22(30)26-18-8-10-19(11-9-18)28-12-14-34-15-13-28/h4-11,17H,3,12-16H2,1-2H3,(H,26,30). The van der Waals surface area contributed by atoms with Crippen LogP contribution in [0, 0.1) is 0 Å². The summed E-state index contributed by atoms with van der Waals surface area (Å²) in [5.74, 6) is -1.82. The third kappa shape index (κ3) is 4.65. The highest BCUT2D eigenvalue weighted by atomic mass is 16.5. The molecule has 1 atom stereocenters. The highest BCUT2D eigenvalue weighted by molar-refractivity contribution is 6.22. The Hall–Kier alpha value is -3.72. The Kier molecular flexibility index (Phi) is 6.93. The first kappa shape index (κ1) is 23.4. The normalized spacial score (nSPS) is 16.3. The molecule has 0 saturated carbocycles. The molecule has 1 saturated heterocycles. The van der Waals surface area contributed by atoms with Crippen molar-refractivity contribution >= 4 is 35.0 Å². The summed E-state index contributed by atoms with van der Waals surface area (Å²) in [5, 5.41) is 2.81. The van der Waals surface area contributed by atoms with Crippen molar-refractivity contribution in [2.75, 3.05) is 49.6 Å². The van der Waals surface area contributed by atoms with Crippen LogP contribution in [0.2, 0.25) is 0 Å². The zero-order chi connectivity index (χ0) is 24.2. The number of carbonyl (C=O) groups is 4. The van der Waals surface area contributed by atoms with Gasteiger partial charge in [-0.1, -0.05) is 12.1 Å². The summed E-state index contributed by atoms with van der Waals surface area (Å²) in [5.41, 5.74) is 2.25. The molecule has 1 N–H and O–H groups in total. The lowest BCUT2D eigenvalue weighted by Gasteiger charge is -2.29. The number of anilines is 2. The molecule has 0 aromatic heterocycles. The number of rotatable bonds is 7. The van der Waals surface area contributed by atoms with E-state index in [9.17, 15) is 19.2 Å². The largest absolute Gasteiger partial charge is 0.378 e. The molecule has 2 heterocycles. The average Bonchev–Trinajstić information content (AvgIpc) is 3.12. The number of benzene rings is 2. The van der Waals surface area contributed by atoms with Gasteiger partial charge in [-0.3, -0.25) is 24.1 Å². The van der Waals surface area contributed by atoms with Gasteiger partial charge in [0, 0.05) is 31.0 Å². The number of amides is 4. The van der Waals surface area contributed by atoms with E-state index in [4.69, 9.17) is 4.74 Å². The smallest absolute Gasteiger partial charge is 0.262 e. The molecule has 0 aliphatic carbocycles. The monoisotopic (exact) mass is 464 g/mol. The van der Waals surface area contributed by atoms with E-state index in [0.29, 0.717) is 18.9 Å². The minimum atomic E-state index is -1.02. The van der Waals surface area contributed by atoms with Crippen LogP contribution in [0.5, 0.6) is 0 Å². The van der Waals surface area contributed by atoms with Gasteiger partial charge in [-0.2, -0.15) is 0 Å². The Bertz CT molecular complexity index is 1060. The lowest BCUT2D eigenvalue weighted by Crippen LogP contribution is -2.51. The third-order valence-electron chi connectivity index (χ3n) is 6.13. The molecule has 9 nitrogen and oxygen atoms in total. The van der Waals surface area contributed by atoms with E-state index >= 15 is 0 Å². The van der Waals surface area contributed by atoms with E-state index in [1.54, 1.807) is 31.2 Å². The maximum Gasteiger partial charge on any atom is 0.262 e. The summed E-state index contributed by atoms with van der Waals surface area (Å²) in [6.07, 6.45) is 0. The first-order valence-electron chi connectivity index (χ1n) is 11.4. The van der Waals surface area contributed by atoms with E-state index in [1.165, 1.54) is 11.8 Å². The van der Waals surface area contributed by atoms with Crippen molar-refractivity contribution in [3.63, 3.8) is 0 Å². The Labute approximate surface area is 198 Å². The number of morpholine rings is 1. The van der Waals surface area contributed by atoms with Crippen LogP contribution in [0.15, 0.2) is 48.5 Å². The molecular weight excluding hydrogens is 436 g/mol. The predicted molar refractivity (Wildman–Crippen MR) is 127 cm³/mol. The topological polar surface area (TPSA) is 99.3 Å². The number of fused-ring (bicyclic) bond motifs is 1. The van der Waals surface area contributed by atoms with Gasteiger partial charge < -0.3 is 19.9 Å². The fourth-order valence-electron chi connectivity index (χ4n) is 4.23. The number of hydrogen-bond donors (Lipinski definition) is 1. The number of hydrogen-bond acceptors (Lipinski definition) is 6. The molecule has 4 amide bonds. The van der Waals surface area contributed by atoms with E-state index in [0.717, 1.165) is 23.7 Å². The number of ether oxygens (including phenoxy) is 1. The summed E-state index contributed by atoms with van der Waals surface area (Å²) >= 11 is 0. The van der Waals surface area contributed by atoms with E-state index < -0.39 is 23.8 Å². The Morgan fingerprint density at radius 2 is 1.59 bits per heavy atom. The Morgan fingerprint density at radius 1 is 1.00 bits per heavy atom. The van der Waals surface area contributed by atoms with Crippen molar-refractivity contribution in [1.82, 2.24) is 9.80 Å². The van der Waals surface area contributed by atoms with Gasteiger partial charge in [0.05, 0.1) is 30.9 Å². The molecular formula is C25H28N4O5.